The number of rotatable bonds is 9. The van der Waals surface area contributed by atoms with Crippen LogP contribution in [0.3, 0.4) is 0 Å². The molecule has 0 bridgehead atoms. The first-order chi connectivity index (χ1) is 20.3. The monoisotopic (exact) mass is 589 g/mol. The fraction of sp³-hybridized carbons (Fsp3) is 0.172. The lowest BCUT2D eigenvalue weighted by atomic mass is 9.96. The van der Waals surface area contributed by atoms with E-state index < -0.39 is 28.5 Å². The average Bonchev–Trinajstić information content (AvgIpc) is 3.62. The average molecular weight is 590 g/mol. The first-order valence-electron chi connectivity index (χ1n) is 12.6. The second-order valence-corrected chi connectivity index (χ2v) is 10.0. The van der Waals surface area contributed by atoms with Crippen LogP contribution in [0.15, 0.2) is 92.4 Å². The van der Waals surface area contributed by atoms with E-state index >= 15 is 0 Å². The molecule has 42 heavy (non-hydrogen) atoms. The molecule has 5 rings (SSSR count). The Hall–Kier alpha value is -5.14. The number of nitro groups is 1. The molecule has 2 aromatic carbocycles. The lowest BCUT2D eigenvalue weighted by Gasteiger charge is -2.25. The third-order valence-electron chi connectivity index (χ3n) is 6.29. The summed E-state index contributed by atoms with van der Waals surface area (Å²) in [5.41, 5.74) is 1.19. The van der Waals surface area contributed by atoms with E-state index in [4.69, 9.17) is 18.6 Å². The van der Waals surface area contributed by atoms with Crippen LogP contribution in [0, 0.1) is 10.1 Å². The number of carbonyl (C=O) groups is 2. The van der Waals surface area contributed by atoms with Crippen molar-refractivity contribution in [2.75, 3.05) is 20.3 Å². The number of nitro benzene ring substituents is 1. The number of nitrogens with zero attached hydrogens (tertiary/aromatic N) is 3. The van der Waals surface area contributed by atoms with E-state index in [-0.39, 0.29) is 36.0 Å². The number of ether oxygens (including phenoxy) is 3. The lowest BCUT2D eigenvalue weighted by molar-refractivity contribution is -0.384. The minimum Gasteiger partial charge on any atom is -0.460 e. The van der Waals surface area contributed by atoms with Gasteiger partial charge in [0.2, 0.25) is 5.76 Å². The Morgan fingerprint density at radius 3 is 2.48 bits per heavy atom. The molecule has 0 saturated heterocycles. The predicted octanol–water partition coefficient (Wildman–Crippen LogP) is 3.15. The third kappa shape index (κ3) is 5.82. The Balaban J connectivity index is 1.56. The summed E-state index contributed by atoms with van der Waals surface area (Å²) in [7, 11) is 1.48. The molecule has 214 valence electrons. The molecule has 0 fully saturated rings. The van der Waals surface area contributed by atoms with Crippen LogP contribution in [0.4, 0.5) is 5.69 Å². The molecule has 1 aliphatic heterocycles. The molecule has 12 nitrogen and oxygen atoms in total. The molecule has 0 spiro atoms. The zero-order valence-corrected chi connectivity index (χ0v) is 23.2. The lowest BCUT2D eigenvalue weighted by Crippen LogP contribution is -2.40. The number of furan rings is 1. The number of carbonyl (C=O) groups excluding carboxylic acids is 2. The molecule has 0 aliphatic carbocycles. The van der Waals surface area contributed by atoms with E-state index in [0.29, 0.717) is 26.2 Å². The van der Waals surface area contributed by atoms with Gasteiger partial charge in [0.1, 0.15) is 12.4 Å². The fourth-order valence-corrected chi connectivity index (χ4v) is 5.35. The van der Waals surface area contributed by atoms with Gasteiger partial charge in [0.05, 0.1) is 39.6 Å². The summed E-state index contributed by atoms with van der Waals surface area (Å²) >= 11 is 1.12. The topological polar surface area (TPSA) is 152 Å². The molecule has 0 amide bonds. The van der Waals surface area contributed by atoms with Crippen molar-refractivity contribution in [3.63, 3.8) is 0 Å². The van der Waals surface area contributed by atoms with Gasteiger partial charge in [0.15, 0.2) is 4.80 Å². The van der Waals surface area contributed by atoms with Crippen LogP contribution in [0.1, 0.15) is 34.6 Å². The quantitative estimate of drug-likeness (QED) is 0.0942. The second-order valence-electron chi connectivity index (χ2n) is 9.00. The number of non-ortho nitro benzene ring substituents is 1. The molecule has 2 aromatic heterocycles. The molecule has 0 radical (unpaired) electrons. The zero-order valence-electron chi connectivity index (χ0n) is 22.3. The van der Waals surface area contributed by atoms with Crippen molar-refractivity contribution in [2.24, 2.45) is 4.99 Å². The molecule has 0 N–H and O–H groups in total. The molecule has 1 aliphatic rings. The van der Waals surface area contributed by atoms with E-state index in [1.165, 1.54) is 36.1 Å². The van der Waals surface area contributed by atoms with Gasteiger partial charge in [-0.15, -0.1) is 0 Å². The van der Waals surface area contributed by atoms with Gasteiger partial charge >= 0.3 is 11.9 Å². The minimum atomic E-state index is -0.898. The summed E-state index contributed by atoms with van der Waals surface area (Å²) < 4.78 is 22.6. The van der Waals surface area contributed by atoms with Crippen molar-refractivity contribution in [3.8, 4) is 5.75 Å². The first-order valence-corrected chi connectivity index (χ1v) is 13.4. The summed E-state index contributed by atoms with van der Waals surface area (Å²) in [6.07, 6.45) is 2.97. The number of fused-ring (bicyclic) bond motifs is 1. The van der Waals surface area contributed by atoms with Crippen LogP contribution in [0.2, 0.25) is 0 Å². The van der Waals surface area contributed by atoms with Gasteiger partial charge in [0, 0.05) is 19.2 Å². The van der Waals surface area contributed by atoms with Crippen LogP contribution in [0.25, 0.3) is 6.08 Å². The Bertz CT molecular complexity index is 1850. The number of thiazole rings is 1. The smallest absolute Gasteiger partial charge is 0.379 e. The van der Waals surface area contributed by atoms with Gasteiger partial charge < -0.3 is 18.6 Å². The Labute approximate surface area is 241 Å². The maximum absolute atomic E-state index is 13.8. The summed E-state index contributed by atoms with van der Waals surface area (Å²) in [5.74, 6) is -1.06. The van der Waals surface area contributed by atoms with Gasteiger partial charge in [-0.3, -0.25) is 19.5 Å². The highest BCUT2D eigenvalue weighted by molar-refractivity contribution is 7.07. The van der Waals surface area contributed by atoms with E-state index in [9.17, 15) is 24.5 Å². The van der Waals surface area contributed by atoms with Gasteiger partial charge in [-0.1, -0.05) is 23.5 Å². The molecule has 0 unspecified atom stereocenters. The Morgan fingerprint density at radius 2 is 1.83 bits per heavy atom. The highest BCUT2D eigenvalue weighted by atomic mass is 32.1. The third-order valence-corrected chi connectivity index (χ3v) is 7.28. The summed E-state index contributed by atoms with van der Waals surface area (Å²) in [4.78, 5) is 54.7. The SMILES string of the molecule is COCCOC(=O)C1=C(C)N=c2s/c(=C\c3ccc([N+](=O)[O-])cc3)c(=O)n2[C@@H]1c1ccc(OC(=O)c2ccco2)cc1. The second kappa shape index (κ2) is 12.2. The number of methoxy groups -OCH3 is 1. The number of benzene rings is 2. The van der Waals surface area contributed by atoms with Gasteiger partial charge in [-0.2, -0.15) is 0 Å². The maximum atomic E-state index is 13.8. The summed E-state index contributed by atoms with van der Waals surface area (Å²) in [6, 6.07) is 14.3. The first kappa shape index (κ1) is 28.4. The van der Waals surface area contributed by atoms with Crippen molar-refractivity contribution in [3.05, 3.63) is 125 Å². The van der Waals surface area contributed by atoms with Gasteiger partial charge in [-0.05, 0) is 60.5 Å². The van der Waals surface area contributed by atoms with E-state index in [1.807, 2.05) is 0 Å². The van der Waals surface area contributed by atoms with Crippen molar-refractivity contribution >= 4 is 35.0 Å². The molecule has 13 heteroatoms. The molecule has 3 heterocycles. The van der Waals surface area contributed by atoms with Crippen LogP contribution in [0.5, 0.6) is 5.75 Å². The van der Waals surface area contributed by atoms with E-state index in [0.717, 1.165) is 11.3 Å². The number of hydrogen-bond acceptors (Lipinski definition) is 11. The Kier molecular flexibility index (Phi) is 8.22. The molecular formula is C29H23N3O9S. The summed E-state index contributed by atoms with van der Waals surface area (Å²) in [6.45, 7) is 1.85. The fourth-order valence-electron chi connectivity index (χ4n) is 4.31. The van der Waals surface area contributed by atoms with Gasteiger partial charge in [0.25, 0.3) is 11.2 Å². The number of esters is 2. The van der Waals surface area contributed by atoms with Crippen LogP contribution in [-0.4, -0.2) is 41.8 Å². The molecular weight excluding hydrogens is 566 g/mol. The van der Waals surface area contributed by atoms with E-state index in [2.05, 4.69) is 4.99 Å². The Morgan fingerprint density at radius 1 is 1.10 bits per heavy atom. The summed E-state index contributed by atoms with van der Waals surface area (Å²) in [5, 5.41) is 11.0. The van der Waals surface area contributed by atoms with Crippen molar-refractivity contribution in [1.82, 2.24) is 4.57 Å². The number of hydrogen-bond donors (Lipinski definition) is 0. The number of aromatic nitrogens is 1. The van der Waals surface area contributed by atoms with Crippen LogP contribution >= 0.6 is 11.3 Å². The van der Waals surface area contributed by atoms with E-state index in [1.54, 1.807) is 55.5 Å². The molecule has 4 aromatic rings. The normalized spacial score (nSPS) is 14.7. The molecule has 0 saturated carbocycles. The van der Waals surface area contributed by atoms with Crippen molar-refractivity contribution in [1.29, 1.82) is 0 Å². The van der Waals surface area contributed by atoms with Crippen LogP contribution < -0.4 is 19.6 Å². The minimum absolute atomic E-state index is 0.00503. The van der Waals surface area contributed by atoms with Gasteiger partial charge in [-0.25, -0.2) is 14.6 Å². The highest BCUT2D eigenvalue weighted by Crippen LogP contribution is 2.32. The molecule has 1 atom stereocenters. The highest BCUT2D eigenvalue weighted by Gasteiger charge is 2.33. The maximum Gasteiger partial charge on any atom is 0.379 e. The van der Waals surface area contributed by atoms with Crippen molar-refractivity contribution in [2.45, 2.75) is 13.0 Å². The number of allylic oxidation sites excluding steroid dienone is 1. The largest absolute Gasteiger partial charge is 0.460 e. The van der Waals surface area contributed by atoms with Crippen molar-refractivity contribution < 1.29 is 33.1 Å². The standard InChI is InChI=1S/C29H23N3O9S/c1-17-24(28(35)40-15-14-38-2)25(19-7-11-21(12-8-19)41-27(34)22-4-3-13-39-22)31-26(33)23(42-29(31)30-17)16-18-5-9-20(10-6-18)32(36)37/h3-13,16,25H,14-15H2,1-2H3/b23-16-/t25-/m1/s1. The van der Waals surface area contributed by atoms with Crippen LogP contribution in [-0.2, 0) is 14.3 Å². The zero-order chi connectivity index (χ0) is 29.8. The predicted molar refractivity (Wildman–Crippen MR) is 150 cm³/mol.